The van der Waals surface area contributed by atoms with Crippen LogP contribution in [0.4, 0.5) is 10.5 Å². The lowest BCUT2D eigenvalue weighted by atomic mass is 10.1. The summed E-state index contributed by atoms with van der Waals surface area (Å²) in [4.78, 5) is 14.1. The molecule has 24 heavy (non-hydrogen) atoms. The van der Waals surface area contributed by atoms with Crippen LogP contribution in [0.3, 0.4) is 0 Å². The molecule has 0 radical (unpaired) electrons. The molecule has 1 aromatic heterocycles. The zero-order chi connectivity index (χ0) is 17.4. The molecule has 7 heteroatoms. The first-order valence-corrected chi connectivity index (χ1v) is 7.85. The molecule has 2 aromatic rings. The van der Waals surface area contributed by atoms with Crippen molar-refractivity contribution in [1.29, 1.82) is 0 Å². The van der Waals surface area contributed by atoms with Crippen molar-refractivity contribution in [1.82, 2.24) is 20.0 Å². The van der Waals surface area contributed by atoms with E-state index < -0.39 is 0 Å². The molecule has 0 saturated carbocycles. The van der Waals surface area contributed by atoms with Gasteiger partial charge in [0.25, 0.3) is 0 Å². The second-order valence-corrected chi connectivity index (χ2v) is 5.85. The van der Waals surface area contributed by atoms with Crippen molar-refractivity contribution in [3.63, 3.8) is 0 Å². The maximum Gasteiger partial charge on any atom is 0.319 e. The highest BCUT2D eigenvalue weighted by Crippen LogP contribution is 2.08. The summed E-state index contributed by atoms with van der Waals surface area (Å²) in [5, 5.41) is 9.78. The summed E-state index contributed by atoms with van der Waals surface area (Å²) in [5.41, 5.74) is 2.95. The number of nitrogens with one attached hydrogen (secondary N) is 2. The van der Waals surface area contributed by atoms with E-state index in [0.717, 1.165) is 12.1 Å². The van der Waals surface area contributed by atoms with E-state index in [9.17, 15) is 4.79 Å². The second-order valence-electron chi connectivity index (χ2n) is 5.85. The zero-order valence-corrected chi connectivity index (χ0v) is 14.5. The fourth-order valence-electron chi connectivity index (χ4n) is 2.30. The monoisotopic (exact) mass is 331 g/mol. The molecule has 0 unspecified atom stereocenters. The highest BCUT2D eigenvalue weighted by Gasteiger charge is 2.05. The third-order valence-electron chi connectivity index (χ3n) is 3.36. The Bertz CT molecular complexity index is 654. The van der Waals surface area contributed by atoms with Crippen molar-refractivity contribution in [2.45, 2.75) is 19.6 Å². The molecule has 0 aliphatic rings. The molecule has 0 fully saturated rings. The van der Waals surface area contributed by atoms with Crippen molar-refractivity contribution < 1.29 is 9.53 Å². The lowest BCUT2D eigenvalue weighted by molar-refractivity contribution is 0.183. The Morgan fingerprint density at radius 3 is 2.88 bits per heavy atom. The first-order chi connectivity index (χ1) is 11.6. The fourth-order valence-corrected chi connectivity index (χ4v) is 2.30. The van der Waals surface area contributed by atoms with Crippen LogP contribution in [0, 0.1) is 0 Å². The first-order valence-electron chi connectivity index (χ1n) is 7.85. The number of methoxy groups -OCH3 is 1. The Morgan fingerprint density at radius 2 is 2.12 bits per heavy atom. The van der Waals surface area contributed by atoms with Gasteiger partial charge in [0.15, 0.2) is 0 Å². The van der Waals surface area contributed by atoms with E-state index in [0.29, 0.717) is 25.4 Å². The zero-order valence-electron chi connectivity index (χ0n) is 14.5. The molecule has 2 amide bonds. The lowest BCUT2D eigenvalue weighted by Gasteiger charge is -2.11. The highest BCUT2D eigenvalue weighted by atomic mass is 16.5. The summed E-state index contributed by atoms with van der Waals surface area (Å²) in [6, 6.07) is 7.94. The third kappa shape index (κ3) is 6.02. The van der Waals surface area contributed by atoms with Gasteiger partial charge >= 0.3 is 6.03 Å². The summed E-state index contributed by atoms with van der Waals surface area (Å²) >= 11 is 0. The fraction of sp³-hybridized carbons (Fsp3) is 0.412. The van der Waals surface area contributed by atoms with Gasteiger partial charge in [0.05, 0.1) is 25.0 Å². The summed E-state index contributed by atoms with van der Waals surface area (Å²) in [6.07, 6.45) is 3.39. The van der Waals surface area contributed by atoms with Gasteiger partial charge in [0.1, 0.15) is 0 Å². The Kier molecular flexibility index (Phi) is 6.77. The van der Waals surface area contributed by atoms with Gasteiger partial charge in [-0.15, -0.1) is 0 Å². The predicted molar refractivity (Wildman–Crippen MR) is 93.8 cm³/mol. The van der Waals surface area contributed by atoms with E-state index in [4.69, 9.17) is 4.74 Å². The SMILES string of the molecule is COCCn1cc(NC(=O)NCc2cccc(CN(C)C)c2)cn1. The molecule has 2 N–H and O–H groups in total. The Balaban J connectivity index is 1.81. The standard InChI is InChI=1S/C17H25N5O2/c1-21(2)12-15-6-4-5-14(9-15)10-18-17(23)20-16-11-19-22(13-16)7-8-24-3/h4-6,9,11,13H,7-8,10,12H2,1-3H3,(H2,18,20,23). The van der Waals surface area contributed by atoms with E-state index in [2.05, 4.69) is 32.8 Å². The Labute approximate surface area is 142 Å². The van der Waals surface area contributed by atoms with Crippen molar-refractivity contribution in [3.05, 3.63) is 47.8 Å². The van der Waals surface area contributed by atoms with Crippen molar-refractivity contribution in [2.24, 2.45) is 0 Å². The summed E-state index contributed by atoms with van der Waals surface area (Å²) in [7, 11) is 5.71. The summed E-state index contributed by atoms with van der Waals surface area (Å²) in [5.74, 6) is 0. The molecular formula is C17H25N5O2. The van der Waals surface area contributed by atoms with Gasteiger partial charge in [-0.1, -0.05) is 24.3 Å². The minimum atomic E-state index is -0.251. The Hall–Kier alpha value is -2.38. The lowest BCUT2D eigenvalue weighted by Crippen LogP contribution is -2.28. The molecule has 0 aliphatic heterocycles. The van der Waals surface area contributed by atoms with Crippen molar-refractivity contribution in [3.8, 4) is 0 Å². The van der Waals surface area contributed by atoms with Crippen LogP contribution in [-0.2, 0) is 24.4 Å². The molecule has 130 valence electrons. The molecule has 2 rings (SSSR count). The number of urea groups is 1. The number of carbonyl (C=O) groups excluding carboxylic acids is 1. The number of anilines is 1. The molecule has 0 spiro atoms. The number of amides is 2. The minimum Gasteiger partial charge on any atom is -0.383 e. The number of rotatable bonds is 8. The summed E-state index contributed by atoms with van der Waals surface area (Å²) in [6.45, 7) is 2.58. The maximum atomic E-state index is 12.0. The van der Waals surface area contributed by atoms with Crippen LogP contribution in [0.15, 0.2) is 36.7 Å². The topological polar surface area (TPSA) is 71.4 Å². The van der Waals surface area contributed by atoms with Gasteiger partial charge in [-0.05, 0) is 25.2 Å². The van der Waals surface area contributed by atoms with E-state index in [1.54, 1.807) is 24.2 Å². The van der Waals surface area contributed by atoms with Crippen LogP contribution in [0.1, 0.15) is 11.1 Å². The number of benzene rings is 1. The van der Waals surface area contributed by atoms with Gasteiger partial charge in [-0.3, -0.25) is 4.68 Å². The molecule has 1 aromatic carbocycles. The predicted octanol–water partition coefficient (Wildman–Crippen LogP) is 1.91. The first kappa shape index (κ1) is 18.0. The van der Waals surface area contributed by atoms with Gasteiger partial charge in [-0.2, -0.15) is 5.10 Å². The van der Waals surface area contributed by atoms with Crippen molar-refractivity contribution in [2.75, 3.05) is 33.1 Å². The van der Waals surface area contributed by atoms with Crippen LogP contribution in [0.25, 0.3) is 0 Å². The summed E-state index contributed by atoms with van der Waals surface area (Å²) < 4.78 is 6.72. The second kappa shape index (κ2) is 9.05. The number of nitrogens with zero attached hydrogens (tertiary/aromatic N) is 3. The highest BCUT2D eigenvalue weighted by molar-refractivity contribution is 5.88. The number of aromatic nitrogens is 2. The Morgan fingerprint density at radius 1 is 1.33 bits per heavy atom. The normalized spacial score (nSPS) is 10.8. The average Bonchev–Trinajstić information content (AvgIpc) is 2.98. The molecular weight excluding hydrogens is 306 g/mol. The number of hydrogen-bond acceptors (Lipinski definition) is 4. The molecule has 0 aliphatic carbocycles. The van der Waals surface area contributed by atoms with E-state index in [-0.39, 0.29) is 6.03 Å². The van der Waals surface area contributed by atoms with Crippen LogP contribution >= 0.6 is 0 Å². The average molecular weight is 331 g/mol. The van der Waals surface area contributed by atoms with Crippen LogP contribution in [0.2, 0.25) is 0 Å². The van der Waals surface area contributed by atoms with E-state index in [1.165, 1.54) is 5.56 Å². The molecule has 1 heterocycles. The van der Waals surface area contributed by atoms with Crippen LogP contribution in [0.5, 0.6) is 0 Å². The van der Waals surface area contributed by atoms with Gasteiger partial charge in [-0.25, -0.2) is 4.79 Å². The molecule has 0 atom stereocenters. The largest absolute Gasteiger partial charge is 0.383 e. The third-order valence-corrected chi connectivity index (χ3v) is 3.36. The number of carbonyl (C=O) groups is 1. The van der Waals surface area contributed by atoms with Gasteiger partial charge in [0, 0.05) is 26.4 Å². The van der Waals surface area contributed by atoms with E-state index >= 15 is 0 Å². The van der Waals surface area contributed by atoms with Crippen molar-refractivity contribution >= 4 is 11.7 Å². The minimum absolute atomic E-state index is 0.251. The van der Waals surface area contributed by atoms with Gasteiger partial charge in [0.2, 0.25) is 0 Å². The van der Waals surface area contributed by atoms with Crippen LogP contribution in [-0.4, -0.2) is 48.5 Å². The molecule has 0 saturated heterocycles. The number of ether oxygens (including phenoxy) is 1. The molecule has 7 nitrogen and oxygen atoms in total. The number of hydrogen-bond donors (Lipinski definition) is 2. The smallest absolute Gasteiger partial charge is 0.319 e. The quantitative estimate of drug-likeness (QED) is 0.775. The van der Waals surface area contributed by atoms with Crippen LogP contribution < -0.4 is 10.6 Å². The maximum absolute atomic E-state index is 12.0. The molecule has 0 bridgehead atoms. The van der Waals surface area contributed by atoms with Gasteiger partial charge < -0.3 is 20.3 Å². The van der Waals surface area contributed by atoms with E-state index in [1.807, 2.05) is 26.2 Å².